The first-order valence-corrected chi connectivity index (χ1v) is 7.78. The lowest BCUT2D eigenvalue weighted by Gasteiger charge is -2.34. The summed E-state index contributed by atoms with van der Waals surface area (Å²) in [6.07, 6.45) is -0.414. The Morgan fingerprint density at radius 3 is 2.08 bits per heavy atom. The number of hydrogen-bond donors (Lipinski definition) is 0. The zero-order valence-electron chi connectivity index (χ0n) is 15.0. The summed E-state index contributed by atoms with van der Waals surface area (Å²) in [7, 11) is 3.64. The second kappa shape index (κ2) is 7.55. The van der Waals surface area contributed by atoms with Crippen LogP contribution in [0.15, 0.2) is 35.7 Å². The minimum atomic E-state index is -2.28. The molecule has 1 aromatic rings. The monoisotopic (exact) mass is 365 g/mol. The van der Waals surface area contributed by atoms with Gasteiger partial charge in [-0.2, -0.15) is 0 Å². The number of benzene rings is 1. The third-order valence-electron chi connectivity index (χ3n) is 4.35. The number of carbonyl (C=O) groups is 3. The van der Waals surface area contributed by atoms with Crippen LogP contribution in [0.2, 0.25) is 0 Å². The Balaban J connectivity index is 2.58. The normalized spacial score (nSPS) is 17.7. The van der Waals surface area contributed by atoms with E-state index in [4.69, 9.17) is 14.2 Å². The molecule has 2 rings (SSSR count). The first-order chi connectivity index (χ1) is 12.3. The molecule has 1 fully saturated rings. The van der Waals surface area contributed by atoms with Crippen LogP contribution in [0.1, 0.15) is 18.9 Å². The number of nitrogens with zero attached hydrogens (tertiary/aromatic N) is 1. The molecule has 1 saturated heterocycles. The van der Waals surface area contributed by atoms with Crippen LogP contribution < -0.4 is 4.74 Å². The Morgan fingerprint density at radius 2 is 1.65 bits per heavy atom. The highest BCUT2D eigenvalue weighted by Crippen LogP contribution is 2.41. The molecule has 1 aromatic carbocycles. The molecule has 1 aliphatic rings. The molecule has 0 aromatic heterocycles. The molecular formula is C18H20FNO6. The van der Waals surface area contributed by atoms with Crippen molar-refractivity contribution in [1.29, 1.82) is 0 Å². The lowest BCUT2D eigenvalue weighted by Crippen LogP contribution is -2.59. The molecule has 0 spiro atoms. The molecule has 1 amide bonds. The van der Waals surface area contributed by atoms with Crippen molar-refractivity contribution in [2.45, 2.75) is 25.4 Å². The summed E-state index contributed by atoms with van der Waals surface area (Å²) >= 11 is 0. The van der Waals surface area contributed by atoms with E-state index in [1.807, 2.05) is 0 Å². The molecule has 0 N–H and O–H groups in total. The molecule has 7 nitrogen and oxygen atoms in total. The molecule has 0 aliphatic carbocycles. The van der Waals surface area contributed by atoms with Crippen LogP contribution in [-0.2, 0) is 30.4 Å². The van der Waals surface area contributed by atoms with Crippen molar-refractivity contribution in [1.82, 2.24) is 4.90 Å². The maximum absolute atomic E-state index is 14.1. The van der Waals surface area contributed by atoms with Crippen LogP contribution in [0.4, 0.5) is 4.39 Å². The third kappa shape index (κ3) is 3.02. The molecule has 0 saturated carbocycles. The number of ether oxygens (including phenoxy) is 3. The Labute approximate surface area is 150 Å². The van der Waals surface area contributed by atoms with E-state index in [9.17, 15) is 18.8 Å². The highest BCUT2D eigenvalue weighted by molar-refractivity contribution is 6.14. The summed E-state index contributed by atoms with van der Waals surface area (Å²) in [4.78, 5) is 38.7. The quantitative estimate of drug-likeness (QED) is 0.584. The first kappa shape index (κ1) is 19.4. The zero-order chi connectivity index (χ0) is 19.5. The fourth-order valence-electron chi connectivity index (χ4n) is 3.06. The summed E-state index contributed by atoms with van der Waals surface area (Å²) in [5, 5.41) is 0. The van der Waals surface area contributed by atoms with Crippen molar-refractivity contribution in [2.24, 2.45) is 0 Å². The fraction of sp³-hybridized carbons (Fsp3) is 0.389. The van der Waals surface area contributed by atoms with Gasteiger partial charge in [-0.25, -0.2) is 14.0 Å². The first-order valence-electron chi connectivity index (χ1n) is 7.78. The van der Waals surface area contributed by atoms with Crippen molar-refractivity contribution >= 4 is 17.8 Å². The minimum absolute atomic E-state index is 0.107. The van der Waals surface area contributed by atoms with E-state index in [1.54, 1.807) is 24.3 Å². The van der Waals surface area contributed by atoms with Gasteiger partial charge in [0.15, 0.2) is 0 Å². The summed E-state index contributed by atoms with van der Waals surface area (Å²) in [5.74, 6) is -2.92. The topological polar surface area (TPSA) is 82.1 Å². The molecule has 0 radical (unpaired) electrons. The Bertz CT molecular complexity index is 735. The molecule has 8 heteroatoms. The second-order valence-corrected chi connectivity index (χ2v) is 5.71. The summed E-state index contributed by atoms with van der Waals surface area (Å²) in [6.45, 7) is 0.976. The smallest absolute Gasteiger partial charge is 0.348 e. The van der Waals surface area contributed by atoms with Gasteiger partial charge in [-0.15, -0.1) is 0 Å². The van der Waals surface area contributed by atoms with Crippen molar-refractivity contribution in [3.63, 3.8) is 0 Å². The second-order valence-electron chi connectivity index (χ2n) is 5.71. The average molecular weight is 365 g/mol. The van der Waals surface area contributed by atoms with Gasteiger partial charge >= 0.3 is 11.9 Å². The van der Waals surface area contributed by atoms with Crippen LogP contribution in [0.3, 0.4) is 0 Å². The van der Waals surface area contributed by atoms with E-state index in [1.165, 1.54) is 7.11 Å². The molecule has 1 heterocycles. The average Bonchev–Trinajstić information content (AvgIpc) is 2.94. The molecule has 140 valence electrons. The van der Waals surface area contributed by atoms with Gasteiger partial charge in [0, 0.05) is 12.1 Å². The van der Waals surface area contributed by atoms with Crippen molar-refractivity contribution in [3.8, 4) is 5.75 Å². The fourth-order valence-corrected chi connectivity index (χ4v) is 3.06. The van der Waals surface area contributed by atoms with Crippen LogP contribution in [0.25, 0.3) is 0 Å². The predicted molar refractivity (Wildman–Crippen MR) is 88.7 cm³/mol. The summed E-state index contributed by atoms with van der Waals surface area (Å²) in [6, 6.07) is 6.70. The number of esters is 2. The Morgan fingerprint density at radius 1 is 1.12 bits per heavy atom. The van der Waals surface area contributed by atoms with E-state index >= 15 is 0 Å². The molecule has 26 heavy (non-hydrogen) atoms. The van der Waals surface area contributed by atoms with Gasteiger partial charge in [-0.1, -0.05) is 12.1 Å². The minimum Gasteiger partial charge on any atom is -0.497 e. The van der Waals surface area contributed by atoms with E-state index in [2.05, 4.69) is 0 Å². The number of methoxy groups -OCH3 is 3. The molecule has 0 unspecified atom stereocenters. The number of halogens is 1. The van der Waals surface area contributed by atoms with Gasteiger partial charge in [-0.05, 0) is 24.6 Å². The van der Waals surface area contributed by atoms with Gasteiger partial charge in [0.1, 0.15) is 11.6 Å². The van der Waals surface area contributed by atoms with Crippen LogP contribution in [0.5, 0.6) is 5.75 Å². The maximum atomic E-state index is 14.1. The zero-order valence-corrected chi connectivity index (χ0v) is 15.0. The van der Waals surface area contributed by atoms with Crippen LogP contribution >= 0.6 is 0 Å². The van der Waals surface area contributed by atoms with Crippen LogP contribution in [0, 0.1) is 0 Å². The highest BCUT2D eigenvalue weighted by Gasteiger charge is 2.63. The van der Waals surface area contributed by atoms with Crippen molar-refractivity contribution in [3.05, 3.63) is 41.2 Å². The number of likely N-dealkylation sites (tertiary alicyclic amines) is 1. The molecular weight excluding hydrogens is 345 g/mol. The highest BCUT2D eigenvalue weighted by atomic mass is 19.1. The van der Waals surface area contributed by atoms with Gasteiger partial charge < -0.3 is 19.1 Å². The van der Waals surface area contributed by atoms with Crippen LogP contribution in [-0.4, -0.2) is 49.6 Å². The molecule has 0 atom stereocenters. The number of amides is 1. The van der Waals surface area contributed by atoms with E-state index < -0.39 is 35.6 Å². The Hall–Kier alpha value is -2.90. The standard InChI is InChI=1S/C18H20FNO6/c1-11(19)14-9-15(21)20(10-12-5-7-13(24-2)8-6-12)18(14,16(22)25-3)17(23)26-4/h5-8H,9-10H2,1-4H3/b14-11+. The van der Waals surface area contributed by atoms with E-state index in [0.717, 1.165) is 26.0 Å². The van der Waals surface area contributed by atoms with Crippen molar-refractivity contribution in [2.75, 3.05) is 21.3 Å². The molecule has 0 bridgehead atoms. The third-order valence-corrected chi connectivity index (χ3v) is 4.35. The largest absolute Gasteiger partial charge is 0.497 e. The number of hydrogen-bond acceptors (Lipinski definition) is 6. The lowest BCUT2D eigenvalue weighted by atomic mass is 9.89. The molecule has 1 aliphatic heterocycles. The van der Waals surface area contributed by atoms with Gasteiger partial charge in [0.2, 0.25) is 5.91 Å². The Kier molecular flexibility index (Phi) is 5.64. The number of rotatable bonds is 5. The van der Waals surface area contributed by atoms with Gasteiger partial charge in [0.05, 0.1) is 27.8 Å². The SMILES string of the molecule is COC(=O)C1(C(=O)OC)/C(=C(\C)F)CC(=O)N1Cc1ccc(OC)cc1. The predicted octanol–water partition coefficient (Wildman–Crippen LogP) is 1.76. The van der Waals surface area contributed by atoms with Gasteiger partial charge in [0.25, 0.3) is 5.54 Å². The van der Waals surface area contributed by atoms with E-state index in [-0.39, 0.29) is 12.1 Å². The summed E-state index contributed by atoms with van der Waals surface area (Å²) in [5.41, 5.74) is -1.93. The van der Waals surface area contributed by atoms with Gasteiger partial charge in [-0.3, -0.25) is 4.79 Å². The summed E-state index contributed by atoms with van der Waals surface area (Å²) < 4.78 is 28.7. The number of allylic oxidation sites excluding steroid dienone is 1. The van der Waals surface area contributed by atoms with Crippen molar-refractivity contribution < 1.29 is 33.0 Å². The number of carbonyl (C=O) groups excluding carboxylic acids is 3. The lowest BCUT2D eigenvalue weighted by molar-refractivity contribution is -0.170. The maximum Gasteiger partial charge on any atom is 0.348 e. The van der Waals surface area contributed by atoms with E-state index in [0.29, 0.717) is 11.3 Å².